The summed E-state index contributed by atoms with van der Waals surface area (Å²) in [5.74, 6) is -0.829. The number of carbonyl (C=O) groups excluding carboxylic acids is 2. The van der Waals surface area contributed by atoms with Crippen LogP contribution in [0.25, 0.3) is 0 Å². The van der Waals surface area contributed by atoms with Crippen molar-refractivity contribution in [1.82, 2.24) is 0 Å². The number of hydrogen-bond donors (Lipinski definition) is 1. The molecule has 10 heteroatoms. The van der Waals surface area contributed by atoms with Gasteiger partial charge in [-0.25, -0.2) is 4.57 Å². The molecule has 0 aliphatic carbocycles. The third-order valence-electron chi connectivity index (χ3n) is 12.3. The first kappa shape index (κ1) is 73.9. The van der Waals surface area contributed by atoms with Crippen molar-refractivity contribution >= 4 is 19.8 Å². The molecular formula is C68H113NO8P+. The summed E-state index contributed by atoms with van der Waals surface area (Å²) in [7, 11) is 1.45. The average molecular weight is 1100 g/mol. The molecule has 0 bridgehead atoms. The second-order valence-electron chi connectivity index (χ2n) is 21.0. The zero-order valence-electron chi connectivity index (χ0n) is 50.1. The molecule has 1 N–H and O–H groups in total. The van der Waals surface area contributed by atoms with Gasteiger partial charge in [0, 0.05) is 12.8 Å². The monoisotopic (exact) mass is 1100 g/mol. The van der Waals surface area contributed by atoms with Gasteiger partial charge in [0.1, 0.15) is 19.8 Å². The lowest BCUT2D eigenvalue weighted by atomic mass is 10.0. The van der Waals surface area contributed by atoms with Crippen molar-refractivity contribution < 1.29 is 42.1 Å². The molecule has 0 spiro atoms. The molecule has 0 heterocycles. The first-order valence-corrected chi connectivity index (χ1v) is 32.1. The first-order chi connectivity index (χ1) is 38.0. The zero-order valence-corrected chi connectivity index (χ0v) is 51.0. The fourth-order valence-corrected chi connectivity index (χ4v) is 8.41. The topological polar surface area (TPSA) is 108 Å². The van der Waals surface area contributed by atoms with Crippen molar-refractivity contribution in [3.63, 3.8) is 0 Å². The summed E-state index contributed by atoms with van der Waals surface area (Å²) < 4.78 is 34.5. The largest absolute Gasteiger partial charge is 0.472 e. The Morgan fingerprint density at radius 3 is 1.09 bits per heavy atom. The third-order valence-corrected chi connectivity index (χ3v) is 13.3. The molecule has 0 aromatic carbocycles. The second-order valence-corrected chi connectivity index (χ2v) is 22.5. The Hall–Kier alpha value is -4.11. The van der Waals surface area contributed by atoms with E-state index >= 15 is 0 Å². The molecule has 0 aromatic rings. The van der Waals surface area contributed by atoms with Gasteiger partial charge in [-0.1, -0.05) is 237 Å². The normalized spacial score (nSPS) is 14.3. The molecule has 0 aromatic heterocycles. The van der Waals surface area contributed by atoms with E-state index in [4.69, 9.17) is 18.5 Å². The number of nitrogens with zero attached hydrogens (tertiary/aromatic N) is 1. The van der Waals surface area contributed by atoms with Gasteiger partial charge in [-0.2, -0.15) is 0 Å². The highest BCUT2D eigenvalue weighted by Crippen LogP contribution is 2.43. The van der Waals surface area contributed by atoms with Crippen LogP contribution in [0.2, 0.25) is 0 Å². The molecule has 0 saturated heterocycles. The number of ether oxygens (including phenoxy) is 2. The van der Waals surface area contributed by atoms with E-state index < -0.39 is 26.5 Å². The molecule has 0 fully saturated rings. The van der Waals surface area contributed by atoms with E-state index in [-0.39, 0.29) is 32.0 Å². The lowest BCUT2D eigenvalue weighted by Gasteiger charge is -2.24. The Labute approximate surface area is 478 Å². The number of allylic oxidation sites excluding steroid dienone is 24. The van der Waals surface area contributed by atoms with Crippen molar-refractivity contribution in [3.05, 3.63) is 146 Å². The Balaban J connectivity index is 4.08. The van der Waals surface area contributed by atoms with Gasteiger partial charge in [0.2, 0.25) is 0 Å². The molecule has 78 heavy (non-hydrogen) atoms. The highest BCUT2D eigenvalue weighted by atomic mass is 31.2. The van der Waals surface area contributed by atoms with Crippen LogP contribution in [0, 0.1) is 0 Å². The lowest BCUT2D eigenvalue weighted by Crippen LogP contribution is -2.37. The van der Waals surface area contributed by atoms with Gasteiger partial charge in [-0.15, -0.1) is 0 Å². The van der Waals surface area contributed by atoms with Gasteiger partial charge in [-0.3, -0.25) is 18.6 Å². The van der Waals surface area contributed by atoms with Crippen molar-refractivity contribution in [2.75, 3.05) is 47.5 Å². The zero-order chi connectivity index (χ0) is 57.0. The number of phosphoric ester groups is 1. The van der Waals surface area contributed by atoms with Crippen molar-refractivity contribution in [3.8, 4) is 0 Å². The molecular weight excluding hydrogens is 990 g/mol. The number of carbonyl (C=O) groups is 2. The van der Waals surface area contributed by atoms with Crippen LogP contribution in [0.5, 0.6) is 0 Å². The summed E-state index contributed by atoms with van der Waals surface area (Å²) >= 11 is 0. The Kier molecular flexibility index (Phi) is 54.5. The van der Waals surface area contributed by atoms with Gasteiger partial charge < -0.3 is 18.9 Å². The first-order valence-electron chi connectivity index (χ1n) is 30.6. The molecule has 9 nitrogen and oxygen atoms in total. The van der Waals surface area contributed by atoms with Crippen LogP contribution in [0.1, 0.15) is 219 Å². The van der Waals surface area contributed by atoms with E-state index in [0.29, 0.717) is 23.9 Å². The van der Waals surface area contributed by atoms with E-state index in [1.54, 1.807) is 0 Å². The van der Waals surface area contributed by atoms with Crippen LogP contribution in [-0.4, -0.2) is 74.9 Å². The maximum atomic E-state index is 12.8. The van der Waals surface area contributed by atoms with Crippen LogP contribution < -0.4 is 0 Å². The Morgan fingerprint density at radius 2 is 0.731 bits per heavy atom. The van der Waals surface area contributed by atoms with Crippen LogP contribution in [0.3, 0.4) is 0 Å². The lowest BCUT2D eigenvalue weighted by molar-refractivity contribution is -0.870. The van der Waals surface area contributed by atoms with E-state index in [9.17, 15) is 19.0 Å². The van der Waals surface area contributed by atoms with Crippen molar-refractivity contribution in [2.45, 2.75) is 225 Å². The maximum Gasteiger partial charge on any atom is 0.472 e. The highest BCUT2D eigenvalue weighted by Gasteiger charge is 2.27. The molecule has 2 unspecified atom stereocenters. The molecule has 0 aliphatic heterocycles. The van der Waals surface area contributed by atoms with Gasteiger partial charge in [0.15, 0.2) is 6.10 Å². The standard InChI is InChI=1S/C68H112NO8P/c1-6-8-10-12-14-16-18-20-21-22-23-24-25-26-27-28-29-30-31-32-33-34-35-36-37-38-39-40-41-42-43-44-45-46-47-49-51-53-55-57-59-61-68(71)77-66(65-76-78(72,73)75-63-62-69(3,4)5)64-74-67(70)60-58-56-54-52-50-48-19-17-15-13-11-9-7-2/h8,10-11,13-14,16-17,19-21,23-24,26-27,29-30,32-33,35-36,38-39,41-42,66H,6-7,9,12,15,18,22,25,28,31,34,37,40,43-65H2,1-5H3/p+1/b10-8-,13-11-,16-14-,19-17-,21-20-,24-23-,27-26-,30-29-,33-32-,36-35-,39-38-,42-41-. The smallest absolute Gasteiger partial charge is 0.462 e. The van der Waals surface area contributed by atoms with Gasteiger partial charge in [0.25, 0.3) is 0 Å². The predicted molar refractivity (Wildman–Crippen MR) is 334 cm³/mol. The predicted octanol–water partition coefficient (Wildman–Crippen LogP) is 19.5. The quantitative estimate of drug-likeness (QED) is 0.0211. The highest BCUT2D eigenvalue weighted by molar-refractivity contribution is 7.47. The average Bonchev–Trinajstić information content (AvgIpc) is 3.40. The summed E-state index contributed by atoms with van der Waals surface area (Å²) in [6, 6.07) is 0. The van der Waals surface area contributed by atoms with Gasteiger partial charge >= 0.3 is 19.8 Å². The minimum absolute atomic E-state index is 0.0217. The fourth-order valence-electron chi connectivity index (χ4n) is 7.67. The Bertz CT molecular complexity index is 1820. The minimum Gasteiger partial charge on any atom is -0.462 e. The van der Waals surface area contributed by atoms with Crippen molar-refractivity contribution in [1.29, 1.82) is 0 Å². The van der Waals surface area contributed by atoms with Gasteiger partial charge in [0.05, 0.1) is 27.7 Å². The van der Waals surface area contributed by atoms with E-state index in [2.05, 4.69) is 160 Å². The van der Waals surface area contributed by atoms with E-state index in [0.717, 1.165) is 135 Å². The number of unbranched alkanes of at least 4 members (excludes halogenated alkanes) is 16. The molecule has 0 amide bonds. The number of quaternary nitrogens is 1. The van der Waals surface area contributed by atoms with Crippen LogP contribution in [0.4, 0.5) is 0 Å². The number of hydrogen-bond acceptors (Lipinski definition) is 7. The summed E-state index contributed by atoms with van der Waals surface area (Å²) in [5, 5.41) is 0. The summed E-state index contributed by atoms with van der Waals surface area (Å²) in [5.41, 5.74) is 0. The number of rotatable bonds is 54. The third kappa shape index (κ3) is 61.1. The number of esters is 2. The van der Waals surface area contributed by atoms with Crippen LogP contribution in [0.15, 0.2) is 146 Å². The molecule has 0 rings (SSSR count). The van der Waals surface area contributed by atoms with Crippen LogP contribution in [-0.2, 0) is 32.7 Å². The maximum absolute atomic E-state index is 12.8. The number of likely N-dealkylation sites (N-methyl/N-ethyl adjacent to an activating group) is 1. The minimum atomic E-state index is -4.40. The molecule has 2 atom stereocenters. The van der Waals surface area contributed by atoms with Crippen molar-refractivity contribution in [2.24, 2.45) is 0 Å². The second kappa shape index (κ2) is 57.6. The molecule has 442 valence electrons. The SMILES string of the molecule is CC/C=C\C/C=C\C/C=C\C/C=C\C/C=C\C/C=C\C/C=C\C/C=C\C/C=C\C/C=C\CCCCCCCCCCCCC(=O)OC(COC(=O)CCCCCCC/C=C\C/C=C\CCC)COP(=O)(O)OCC[N+](C)(C)C. The Morgan fingerprint density at radius 1 is 0.410 bits per heavy atom. The molecule has 0 radical (unpaired) electrons. The fraction of sp³-hybridized carbons (Fsp3) is 0.618. The molecule has 0 aliphatic rings. The van der Waals surface area contributed by atoms with E-state index in [1.165, 1.54) is 44.9 Å². The molecule has 0 saturated carbocycles. The number of phosphoric acid groups is 1. The summed E-state index contributed by atoms with van der Waals surface area (Å²) in [6.45, 7) is 4.21. The van der Waals surface area contributed by atoms with Crippen LogP contribution >= 0.6 is 7.82 Å². The van der Waals surface area contributed by atoms with Gasteiger partial charge in [-0.05, 0) is 116 Å². The summed E-state index contributed by atoms with van der Waals surface area (Å²) in [4.78, 5) is 35.6. The van der Waals surface area contributed by atoms with E-state index in [1.807, 2.05) is 21.1 Å². The summed E-state index contributed by atoms with van der Waals surface area (Å²) in [6.07, 6.45) is 85.1.